The van der Waals surface area contributed by atoms with Crippen LogP contribution in [0.5, 0.6) is 5.75 Å². The molecule has 0 saturated carbocycles. The Labute approximate surface area is 110 Å². The molecule has 2 aromatic carbocycles. The molecule has 0 amide bonds. The van der Waals surface area contributed by atoms with Crippen LogP contribution in [0.2, 0.25) is 0 Å². The van der Waals surface area contributed by atoms with Gasteiger partial charge in [0, 0.05) is 30.3 Å². The maximum Gasteiger partial charge on any atom is 0.269 e. The highest BCUT2D eigenvalue weighted by molar-refractivity contribution is 5.43. The van der Waals surface area contributed by atoms with Crippen molar-refractivity contribution < 1.29 is 9.66 Å². The summed E-state index contributed by atoms with van der Waals surface area (Å²) < 4.78 is 5.55. The zero-order valence-electron chi connectivity index (χ0n) is 10.3. The fourth-order valence-corrected chi connectivity index (χ4v) is 1.68. The minimum Gasteiger partial charge on any atom is -0.493 e. The SMILES string of the molecule is Nc1cccc(OCCc2ccc([N+](=O)[O-])cc2)c1. The second-order valence-electron chi connectivity index (χ2n) is 4.09. The van der Waals surface area contributed by atoms with Crippen molar-refractivity contribution in [2.24, 2.45) is 0 Å². The van der Waals surface area contributed by atoms with Gasteiger partial charge in [-0.3, -0.25) is 10.1 Å². The molecule has 5 nitrogen and oxygen atoms in total. The smallest absolute Gasteiger partial charge is 0.269 e. The van der Waals surface area contributed by atoms with Gasteiger partial charge >= 0.3 is 0 Å². The van der Waals surface area contributed by atoms with E-state index in [2.05, 4.69) is 0 Å². The lowest BCUT2D eigenvalue weighted by Gasteiger charge is -2.06. The summed E-state index contributed by atoms with van der Waals surface area (Å²) in [6.07, 6.45) is 0.687. The van der Waals surface area contributed by atoms with Crippen molar-refractivity contribution in [3.8, 4) is 5.75 Å². The fraction of sp³-hybridized carbons (Fsp3) is 0.143. The lowest BCUT2D eigenvalue weighted by molar-refractivity contribution is -0.384. The van der Waals surface area contributed by atoms with Gasteiger partial charge in [-0.2, -0.15) is 0 Å². The molecule has 0 spiro atoms. The van der Waals surface area contributed by atoms with Gasteiger partial charge in [0.2, 0.25) is 0 Å². The number of hydrogen-bond donors (Lipinski definition) is 1. The second-order valence-corrected chi connectivity index (χ2v) is 4.09. The molecule has 0 aliphatic rings. The molecular weight excluding hydrogens is 244 g/mol. The zero-order chi connectivity index (χ0) is 13.7. The van der Waals surface area contributed by atoms with Crippen LogP contribution >= 0.6 is 0 Å². The Morgan fingerprint density at radius 3 is 2.53 bits per heavy atom. The first-order valence-electron chi connectivity index (χ1n) is 5.87. The van der Waals surface area contributed by atoms with Gasteiger partial charge in [-0.25, -0.2) is 0 Å². The lowest BCUT2D eigenvalue weighted by Crippen LogP contribution is -2.01. The van der Waals surface area contributed by atoms with E-state index >= 15 is 0 Å². The molecule has 2 rings (SSSR count). The highest BCUT2D eigenvalue weighted by Crippen LogP contribution is 2.16. The monoisotopic (exact) mass is 258 g/mol. The van der Waals surface area contributed by atoms with Gasteiger partial charge in [0.05, 0.1) is 11.5 Å². The first kappa shape index (κ1) is 12.9. The highest BCUT2D eigenvalue weighted by Gasteiger charge is 2.03. The minimum atomic E-state index is -0.410. The van der Waals surface area contributed by atoms with Crippen LogP contribution in [-0.4, -0.2) is 11.5 Å². The van der Waals surface area contributed by atoms with E-state index in [1.807, 2.05) is 12.1 Å². The van der Waals surface area contributed by atoms with Gasteiger partial charge in [-0.15, -0.1) is 0 Å². The third-order valence-electron chi connectivity index (χ3n) is 2.66. The summed E-state index contributed by atoms with van der Waals surface area (Å²) in [6.45, 7) is 0.501. The van der Waals surface area contributed by atoms with Crippen molar-refractivity contribution in [1.82, 2.24) is 0 Å². The number of nitrogens with zero attached hydrogens (tertiary/aromatic N) is 1. The normalized spacial score (nSPS) is 10.1. The van der Waals surface area contributed by atoms with Gasteiger partial charge in [-0.05, 0) is 17.7 Å². The van der Waals surface area contributed by atoms with Crippen LogP contribution in [0.25, 0.3) is 0 Å². The van der Waals surface area contributed by atoms with E-state index in [0.29, 0.717) is 18.7 Å². The maximum absolute atomic E-state index is 10.5. The van der Waals surface area contributed by atoms with Crippen LogP contribution < -0.4 is 10.5 Å². The third-order valence-corrected chi connectivity index (χ3v) is 2.66. The number of nitrogens with two attached hydrogens (primary N) is 1. The van der Waals surface area contributed by atoms with Crippen molar-refractivity contribution in [3.63, 3.8) is 0 Å². The Hall–Kier alpha value is -2.56. The Balaban J connectivity index is 1.87. The molecule has 2 aromatic rings. The Bertz CT molecular complexity index is 567. The van der Waals surface area contributed by atoms with Crippen LogP contribution in [0.3, 0.4) is 0 Å². The van der Waals surface area contributed by atoms with Crippen LogP contribution in [0.4, 0.5) is 11.4 Å². The summed E-state index contributed by atoms with van der Waals surface area (Å²) in [6, 6.07) is 13.7. The quantitative estimate of drug-likeness (QED) is 0.508. The van der Waals surface area contributed by atoms with Crippen LogP contribution in [0.1, 0.15) is 5.56 Å². The zero-order valence-corrected chi connectivity index (χ0v) is 10.3. The van der Waals surface area contributed by atoms with E-state index < -0.39 is 4.92 Å². The lowest BCUT2D eigenvalue weighted by atomic mass is 10.1. The molecule has 0 fully saturated rings. The molecule has 0 atom stereocenters. The highest BCUT2D eigenvalue weighted by atomic mass is 16.6. The topological polar surface area (TPSA) is 78.4 Å². The van der Waals surface area contributed by atoms with Crippen LogP contribution in [0, 0.1) is 10.1 Å². The summed E-state index contributed by atoms with van der Waals surface area (Å²) in [5.41, 5.74) is 7.40. The second kappa shape index (κ2) is 5.86. The maximum atomic E-state index is 10.5. The molecule has 0 aromatic heterocycles. The number of nitro benzene ring substituents is 1. The molecule has 0 unspecified atom stereocenters. The van der Waals surface area contributed by atoms with Crippen molar-refractivity contribution >= 4 is 11.4 Å². The first-order chi connectivity index (χ1) is 9.15. The minimum absolute atomic E-state index is 0.0977. The predicted octanol–water partition coefficient (Wildman–Crippen LogP) is 2.80. The fourth-order valence-electron chi connectivity index (χ4n) is 1.68. The Morgan fingerprint density at radius 2 is 1.89 bits per heavy atom. The third kappa shape index (κ3) is 3.70. The molecule has 0 bridgehead atoms. The molecule has 0 heterocycles. The molecule has 0 aliphatic carbocycles. The Morgan fingerprint density at radius 1 is 1.16 bits per heavy atom. The number of hydrogen-bond acceptors (Lipinski definition) is 4. The number of nitro groups is 1. The summed E-state index contributed by atoms with van der Waals surface area (Å²) in [4.78, 5) is 10.1. The van der Waals surface area contributed by atoms with Crippen LogP contribution in [-0.2, 0) is 6.42 Å². The molecule has 0 saturated heterocycles. The first-order valence-corrected chi connectivity index (χ1v) is 5.87. The van der Waals surface area contributed by atoms with Gasteiger partial charge < -0.3 is 10.5 Å². The number of nitrogen functional groups attached to an aromatic ring is 1. The summed E-state index contributed by atoms with van der Waals surface area (Å²) in [5, 5.41) is 10.5. The van der Waals surface area contributed by atoms with Gasteiger partial charge in [0.15, 0.2) is 0 Å². The van der Waals surface area contributed by atoms with Crippen molar-refractivity contribution in [1.29, 1.82) is 0 Å². The van der Waals surface area contributed by atoms with Gasteiger partial charge in [-0.1, -0.05) is 18.2 Å². The molecular formula is C14H14N2O3. The van der Waals surface area contributed by atoms with Gasteiger partial charge in [0.1, 0.15) is 5.75 Å². The van der Waals surface area contributed by atoms with E-state index in [1.54, 1.807) is 24.3 Å². The average molecular weight is 258 g/mol. The number of ether oxygens (including phenoxy) is 1. The Kier molecular flexibility index (Phi) is 3.97. The molecule has 5 heteroatoms. The molecule has 0 radical (unpaired) electrons. The summed E-state index contributed by atoms with van der Waals surface area (Å²) >= 11 is 0. The van der Waals surface area contributed by atoms with E-state index in [0.717, 1.165) is 11.3 Å². The summed E-state index contributed by atoms with van der Waals surface area (Å²) in [7, 11) is 0. The van der Waals surface area contributed by atoms with E-state index in [1.165, 1.54) is 12.1 Å². The number of non-ortho nitro benzene ring substituents is 1. The van der Waals surface area contributed by atoms with E-state index in [-0.39, 0.29) is 5.69 Å². The van der Waals surface area contributed by atoms with E-state index in [4.69, 9.17) is 10.5 Å². The molecule has 98 valence electrons. The van der Waals surface area contributed by atoms with Crippen molar-refractivity contribution in [2.45, 2.75) is 6.42 Å². The summed E-state index contributed by atoms with van der Waals surface area (Å²) in [5.74, 6) is 0.724. The average Bonchev–Trinajstić information content (AvgIpc) is 2.39. The molecule has 2 N–H and O–H groups in total. The largest absolute Gasteiger partial charge is 0.493 e. The van der Waals surface area contributed by atoms with Crippen LogP contribution in [0.15, 0.2) is 48.5 Å². The van der Waals surface area contributed by atoms with E-state index in [9.17, 15) is 10.1 Å². The van der Waals surface area contributed by atoms with Gasteiger partial charge in [0.25, 0.3) is 5.69 Å². The molecule has 0 aliphatic heterocycles. The van der Waals surface area contributed by atoms with Crippen molar-refractivity contribution in [2.75, 3.05) is 12.3 Å². The number of anilines is 1. The standard InChI is InChI=1S/C14H14N2O3/c15-12-2-1-3-14(10-12)19-9-8-11-4-6-13(7-5-11)16(17)18/h1-7,10H,8-9,15H2. The predicted molar refractivity (Wildman–Crippen MR) is 73.1 cm³/mol. The van der Waals surface area contributed by atoms with Crippen molar-refractivity contribution in [3.05, 3.63) is 64.2 Å². The number of rotatable bonds is 5. The number of benzene rings is 2. The molecule has 19 heavy (non-hydrogen) atoms.